The SMILES string of the molecule is COc1cc(Sc2nc(C)c(CC(=O)O)s2)ccn1. The van der Waals surface area contributed by atoms with Crippen LogP contribution in [0.5, 0.6) is 5.88 Å². The van der Waals surface area contributed by atoms with Gasteiger partial charge in [-0.3, -0.25) is 4.79 Å². The van der Waals surface area contributed by atoms with Crippen LogP contribution in [0.2, 0.25) is 0 Å². The lowest BCUT2D eigenvalue weighted by Gasteiger charge is -2.00. The zero-order chi connectivity index (χ0) is 13.8. The Bertz CT molecular complexity index is 598. The predicted octanol–water partition coefficient (Wildman–Crippen LogP) is 2.63. The maximum atomic E-state index is 10.7. The Hall–Kier alpha value is -1.60. The summed E-state index contributed by atoms with van der Waals surface area (Å²) < 4.78 is 5.88. The molecule has 7 heteroatoms. The molecular formula is C12H12N2O3S2. The molecule has 0 aliphatic rings. The van der Waals surface area contributed by atoms with E-state index < -0.39 is 5.97 Å². The number of carboxylic acids is 1. The van der Waals surface area contributed by atoms with Crippen LogP contribution in [0.15, 0.2) is 27.6 Å². The Balaban J connectivity index is 2.16. The minimum atomic E-state index is -0.839. The van der Waals surface area contributed by atoms with Gasteiger partial charge in [0.2, 0.25) is 5.88 Å². The van der Waals surface area contributed by atoms with Gasteiger partial charge in [-0.15, -0.1) is 11.3 Å². The van der Waals surface area contributed by atoms with Crippen molar-refractivity contribution in [2.24, 2.45) is 0 Å². The summed E-state index contributed by atoms with van der Waals surface area (Å²) in [7, 11) is 1.56. The molecule has 2 rings (SSSR count). The maximum absolute atomic E-state index is 10.7. The van der Waals surface area contributed by atoms with Crippen molar-refractivity contribution in [3.05, 3.63) is 28.9 Å². The van der Waals surface area contributed by atoms with Crippen LogP contribution in [0.1, 0.15) is 10.6 Å². The fraction of sp³-hybridized carbons (Fsp3) is 0.250. The van der Waals surface area contributed by atoms with Crippen LogP contribution in [-0.4, -0.2) is 28.2 Å². The summed E-state index contributed by atoms with van der Waals surface area (Å²) in [5, 5.41) is 8.81. The number of nitrogens with zero attached hydrogens (tertiary/aromatic N) is 2. The molecule has 0 fully saturated rings. The van der Waals surface area contributed by atoms with Crippen molar-refractivity contribution in [2.75, 3.05) is 7.11 Å². The lowest BCUT2D eigenvalue weighted by molar-refractivity contribution is -0.136. The zero-order valence-electron chi connectivity index (χ0n) is 10.4. The van der Waals surface area contributed by atoms with Crippen LogP contribution < -0.4 is 4.74 Å². The summed E-state index contributed by atoms with van der Waals surface area (Å²) in [4.78, 5) is 20.9. The van der Waals surface area contributed by atoms with E-state index in [1.165, 1.54) is 23.1 Å². The average molecular weight is 296 g/mol. The van der Waals surface area contributed by atoms with Crippen molar-refractivity contribution in [1.82, 2.24) is 9.97 Å². The summed E-state index contributed by atoms with van der Waals surface area (Å²) in [6.45, 7) is 1.83. The number of carboxylic acid groups (broad SMARTS) is 1. The summed E-state index contributed by atoms with van der Waals surface area (Å²) in [5.74, 6) is -0.294. The van der Waals surface area contributed by atoms with E-state index in [4.69, 9.17) is 9.84 Å². The Morgan fingerprint density at radius 1 is 1.58 bits per heavy atom. The third-order valence-electron chi connectivity index (χ3n) is 2.31. The number of rotatable bonds is 5. The van der Waals surface area contributed by atoms with Crippen molar-refractivity contribution < 1.29 is 14.6 Å². The van der Waals surface area contributed by atoms with E-state index in [0.29, 0.717) is 5.88 Å². The highest BCUT2D eigenvalue weighted by atomic mass is 32.2. The molecule has 0 aliphatic carbocycles. The molecule has 0 saturated carbocycles. The number of aryl methyl sites for hydroxylation is 1. The number of aromatic nitrogens is 2. The van der Waals surface area contributed by atoms with Gasteiger partial charge >= 0.3 is 5.97 Å². The van der Waals surface area contributed by atoms with E-state index in [-0.39, 0.29) is 6.42 Å². The summed E-state index contributed by atoms with van der Waals surface area (Å²) in [5.41, 5.74) is 0.774. The number of carbonyl (C=O) groups is 1. The molecule has 2 aromatic rings. The molecule has 0 atom stereocenters. The van der Waals surface area contributed by atoms with Crippen molar-refractivity contribution in [3.63, 3.8) is 0 Å². The van der Waals surface area contributed by atoms with E-state index in [1.54, 1.807) is 13.3 Å². The second-order valence-electron chi connectivity index (χ2n) is 3.69. The van der Waals surface area contributed by atoms with E-state index >= 15 is 0 Å². The molecule has 0 amide bonds. The highest BCUT2D eigenvalue weighted by Crippen LogP contribution is 2.33. The molecule has 2 heterocycles. The topological polar surface area (TPSA) is 72.3 Å². The Morgan fingerprint density at radius 3 is 3.05 bits per heavy atom. The van der Waals surface area contributed by atoms with Gasteiger partial charge in [-0.05, 0) is 13.0 Å². The molecule has 100 valence electrons. The second-order valence-corrected chi connectivity index (χ2v) is 6.10. The number of ether oxygens (including phenoxy) is 1. The van der Waals surface area contributed by atoms with Gasteiger partial charge in [-0.1, -0.05) is 11.8 Å². The van der Waals surface area contributed by atoms with Gasteiger partial charge in [0.25, 0.3) is 0 Å². The van der Waals surface area contributed by atoms with Gasteiger partial charge < -0.3 is 9.84 Å². The van der Waals surface area contributed by atoms with Gasteiger partial charge in [0, 0.05) is 22.0 Å². The number of thiazole rings is 1. The molecule has 0 radical (unpaired) electrons. The minimum Gasteiger partial charge on any atom is -0.481 e. The molecule has 0 unspecified atom stereocenters. The summed E-state index contributed by atoms with van der Waals surface area (Å²) in [6, 6.07) is 3.68. The molecule has 0 saturated heterocycles. The van der Waals surface area contributed by atoms with Crippen LogP contribution in [-0.2, 0) is 11.2 Å². The molecule has 0 spiro atoms. The third kappa shape index (κ3) is 3.68. The quantitative estimate of drug-likeness (QED) is 0.914. The molecule has 19 heavy (non-hydrogen) atoms. The Morgan fingerprint density at radius 2 is 2.37 bits per heavy atom. The van der Waals surface area contributed by atoms with Crippen molar-refractivity contribution in [3.8, 4) is 5.88 Å². The van der Waals surface area contributed by atoms with Gasteiger partial charge in [-0.25, -0.2) is 9.97 Å². The van der Waals surface area contributed by atoms with E-state index in [0.717, 1.165) is 19.8 Å². The first kappa shape index (κ1) is 13.8. The molecule has 1 N–H and O–H groups in total. The molecule has 0 aliphatic heterocycles. The van der Waals surface area contributed by atoms with E-state index in [2.05, 4.69) is 9.97 Å². The van der Waals surface area contributed by atoms with Gasteiger partial charge in [0.1, 0.15) is 0 Å². The maximum Gasteiger partial charge on any atom is 0.308 e. The number of hydrogen-bond acceptors (Lipinski definition) is 6. The Labute approximate surface area is 118 Å². The highest BCUT2D eigenvalue weighted by Gasteiger charge is 2.12. The third-order valence-corrected chi connectivity index (χ3v) is 4.51. The molecule has 2 aromatic heterocycles. The molecule has 0 aromatic carbocycles. The van der Waals surface area contributed by atoms with Crippen LogP contribution in [0.4, 0.5) is 0 Å². The van der Waals surface area contributed by atoms with Crippen LogP contribution in [0.25, 0.3) is 0 Å². The van der Waals surface area contributed by atoms with Crippen LogP contribution in [0.3, 0.4) is 0 Å². The van der Waals surface area contributed by atoms with Gasteiger partial charge in [0.15, 0.2) is 4.34 Å². The first-order valence-corrected chi connectivity index (χ1v) is 7.08. The van der Waals surface area contributed by atoms with Crippen molar-refractivity contribution in [1.29, 1.82) is 0 Å². The number of pyridine rings is 1. The van der Waals surface area contributed by atoms with Gasteiger partial charge in [-0.2, -0.15) is 0 Å². The van der Waals surface area contributed by atoms with E-state index in [1.807, 2.05) is 19.1 Å². The first-order chi connectivity index (χ1) is 9.08. The van der Waals surface area contributed by atoms with Crippen LogP contribution in [0, 0.1) is 6.92 Å². The summed E-state index contributed by atoms with van der Waals surface area (Å²) >= 11 is 2.88. The predicted molar refractivity (Wildman–Crippen MR) is 73.1 cm³/mol. The lowest BCUT2D eigenvalue weighted by Crippen LogP contribution is -1.99. The standard InChI is InChI=1S/C12H12N2O3S2/c1-7-9(6-11(15)16)19-12(14-7)18-8-3-4-13-10(5-8)17-2/h3-5H,6H2,1-2H3,(H,15,16). The number of hydrogen-bond donors (Lipinski definition) is 1. The molecule has 5 nitrogen and oxygen atoms in total. The fourth-order valence-electron chi connectivity index (χ4n) is 1.41. The highest BCUT2D eigenvalue weighted by molar-refractivity contribution is 8.01. The second kappa shape index (κ2) is 6.03. The normalized spacial score (nSPS) is 10.4. The van der Waals surface area contributed by atoms with Gasteiger partial charge in [0.05, 0.1) is 19.2 Å². The average Bonchev–Trinajstić information content (AvgIpc) is 2.69. The first-order valence-electron chi connectivity index (χ1n) is 5.44. The van der Waals surface area contributed by atoms with Crippen LogP contribution >= 0.6 is 23.1 Å². The molecule has 0 bridgehead atoms. The largest absolute Gasteiger partial charge is 0.481 e. The molecular weight excluding hydrogens is 284 g/mol. The summed E-state index contributed by atoms with van der Waals surface area (Å²) in [6.07, 6.45) is 1.68. The smallest absolute Gasteiger partial charge is 0.308 e. The van der Waals surface area contributed by atoms with Crippen molar-refractivity contribution in [2.45, 2.75) is 22.6 Å². The zero-order valence-corrected chi connectivity index (χ0v) is 12.0. The van der Waals surface area contributed by atoms with Crippen molar-refractivity contribution >= 4 is 29.1 Å². The minimum absolute atomic E-state index is 0.0176. The monoisotopic (exact) mass is 296 g/mol. The Kier molecular flexibility index (Phi) is 4.39. The van der Waals surface area contributed by atoms with E-state index in [9.17, 15) is 4.79 Å². The number of aliphatic carboxylic acids is 1. The number of methoxy groups -OCH3 is 1. The lowest BCUT2D eigenvalue weighted by atomic mass is 10.3. The fourth-order valence-corrected chi connectivity index (χ4v) is 3.63.